The smallest absolute Gasteiger partial charge is 0.211 e. The van der Waals surface area contributed by atoms with Crippen molar-refractivity contribution in [3.63, 3.8) is 0 Å². The number of hydrogen-bond donors (Lipinski definition) is 0. The lowest BCUT2D eigenvalue weighted by molar-refractivity contribution is 0.213. The van der Waals surface area contributed by atoms with Gasteiger partial charge in [0.1, 0.15) is 10.2 Å². The molecular weight excluding hydrogens is 280 g/mol. The molecule has 0 bridgehead atoms. The van der Waals surface area contributed by atoms with Crippen LogP contribution in [-0.2, 0) is 10.0 Å². The summed E-state index contributed by atoms with van der Waals surface area (Å²) in [4.78, 5) is 0. The molecule has 1 aliphatic rings. The Morgan fingerprint density at radius 1 is 1.40 bits per heavy atom. The van der Waals surface area contributed by atoms with E-state index < -0.39 is 15.6 Å². The van der Waals surface area contributed by atoms with E-state index in [0.29, 0.717) is 12.8 Å². The van der Waals surface area contributed by atoms with E-state index in [1.807, 2.05) is 0 Å². The summed E-state index contributed by atoms with van der Waals surface area (Å²) in [5.74, 6) is 0. The van der Waals surface area contributed by atoms with Gasteiger partial charge in [0.15, 0.2) is 0 Å². The Hall–Kier alpha value is -0.120. The molecule has 6 heteroatoms. The third kappa shape index (κ3) is 2.52. The molecule has 0 atom stereocenters. The lowest BCUT2D eigenvalue weighted by Crippen LogP contribution is -2.49. The molecule has 0 aromatic carbocycles. The fourth-order valence-corrected chi connectivity index (χ4v) is 3.80. The zero-order valence-electron chi connectivity index (χ0n) is 8.74. The van der Waals surface area contributed by atoms with Crippen molar-refractivity contribution in [1.82, 2.24) is 4.31 Å². The Labute approximate surface area is 99.4 Å². The molecule has 0 N–H and O–H groups in total. The van der Waals surface area contributed by atoms with Crippen LogP contribution in [0.1, 0.15) is 32.1 Å². The van der Waals surface area contributed by atoms with E-state index in [1.165, 1.54) is 11.4 Å². The number of nitriles is 1. The normalized spacial score (nSPS) is 21.2. The third-order valence-corrected chi connectivity index (χ3v) is 6.24. The summed E-state index contributed by atoms with van der Waals surface area (Å²) in [6.07, 6.45) is 4.23. The van der Waals surface area contributed by atoms with Crippen LogP contribution in [0.3, 0.4) is 0 Å². The second kappa shape index (κ2) is 4.81. The third-order valence-electron chi connectivity index (χ3n) is 3.05. The highest BCUT2D eigenvalue weighted by molar-refractivity contribution is 9.10. The van der Waals surface area contributed by atoms with Gasteiger partial charge in [0.25, 0.3) is 0 Å². The summed E-state index contributed by atoms with van der Waals surface area (Å²) >= 11 is 2.95. The van der Waals surface area contributed by atoms with Crippen molar-refractivity contribution in [3.05, 3.63) is 0 Å². The summed E-state index contributed by atoms with van der Waals surface area (Å²) < 4.78 is 24.5. The number of hydrogen-bond acceptors (Lipinski definition) is 3. The average Bonchev–Trinajstić information content (AvgIpc) is 2.29. The van der Waals surface area contributed by atoms with E-state index in [9.17, 15) is 13.7 Å². The Balaban J connectivity index is 2.97. The number of nitrogens with zero attached hydrogens (tertiary/aromatic N) is 2. The van der Waals surface area contributed by atoms with E-state index in [1.54, 1.807) is 0 Å². The predicted molar refractivity (Wildman–Crippen MR) is 61.9 cm³/mol. The van der Waals surface area contributed by atoms with Crippen molar-refractivity contribution in [3.8, 4) is 6.07 Å². The number of sulfonamides is 1. The first-order valence-corrected chi connectivity index (χ1v) is 7.65. The molecule has 0 aromatic rings. The molecule has 86 valence electrons. The zero-order chi connectivity index (χ0) is 11.5. The van der Waals surface area contributed by atoms with Gasteiger partial charge in [0, 0.05) is 7.05 Å². The van der Waals surface area contributed by atoms with Crippen LogP contribution in [0.2, 0.25) is 0 Å². The van der Waals surface area contributed by atoms with Crippen LogP contribution in [0, 0.1) is 11.3 Å². The van der Waals surface area contributed by atoms with Gasteiger partial charge in [-0.25, -0.2) is 8.42 Å². The molecule has 0 radical (unpaired) electrons. The predicted octanol–water partition coefficient (Wildman–Crippen LogP) is 1.83. The molecule has 1 aliphatic carbocycles. The van der Waals surface area contributed by atoms with Gasteiger partial charge in [0.2, 0.25) is 10.0 Å². The molecule has 0 aliphatic heterocycles. The summed E-state index contributed by atoms with van der Waals surface area (Å²) in [7, 11) is -1.84. The fraction of sp³-hybridized carbons (Fsp3) is 0.889. The van der Waals surface area contributed by atoms with Crippen molar-refractivity contribution >= 4 is 26.0 Å². The van der Waals surface area contributed by atoms with Crippen LogP contribution in [-0.4, -0.2) is 30.0 Å². The molecule has 0 heterocycles. The highest BCUT2D eigenvalue weighted by Crippen LogP contribution is 2.34. The lowest BCUT2D eigenvalue weighted by atomic mass is 9.83. The second-order valence-corrected chi connectivity index (χ2v) is 7.20. The fourth-order valence-electron chi connectivity index (χ4n) is 1.97. The van der Waals surface area contributed by atoms with Crippen molar-refractivity contribution in [1.29, 1.82) is 5.26 Å². The average molecular weight is 295 g/mol. The highest BCUT2D eigenvalue weighted by atomic mass is 79.9. The van der Waals surface area contributed by atoms with Crippen molar-refractivity contribution in [2.24, 2.45) is 0 Å². The van der Waals surface area contributed by atoms with Gasteiger partial charge in [0.05, 0.1) is 6.07 Å². The number of halogens is 1. The monoisotopic (exact) mass is 294 g/mol. The maximum Gasteiger partial charge on any atom is 0.225 e. The van der Waals surface area contributed by atoms with Crippen LogP contribution < -0.4 is 0 Å². The second-order valence-electron chi connectivity index (χ2n) is 3.89. The maximum absolute atomic E-state index is 11.7. The molecule has 0 saturated heterocycles. The van der Waals surface area contributed by atoms with Crippen molar-refractivity contribution < 1.29 is 8.42 Å². The first-order valence-electron chi connectivity index (χ1n) is 4.92. The molecular formula is C9H15BrN2O2S. The van der Waals surface area contributed by atoms with Crippen LogP contribution >= 0.6 is 15.9 Å². The molecule has 0 amide bonds. The van der Waals surface area contributed by atoms with Gasteiger partial charge in [-0.05, 0) is 12.8 Å². The molecule has 1 saturated carbocycles. The number of alkyl halides is 1. The van der Waals surface area contributed by atoms with E-state index in [2.05, 4.69) is 22.0 Å². The molecule has 4 nitrogen and oxygen atoms in total. The van der Waals surface area contributed by atoms with Gasteiger partial charge >= 0.3 is 0 Å². The van der Waals surface area contributed by atoms with Crippen LogP contribution in [0.15, 0.2) is 0 Å². The van der Waals surface area contributed by atoms with Gasteiger partial charge in [-0.15, -0.1) is 0 Å². The molecule has 0 unspecified atom stereocenters. The van der Waals surface area contributed by atoms with Crippen LogP contribution in [0.25, 0.3) is 0 Å². The topological polar surface area (TPSA) is 61.2 Å². The Morgan fingerprint density at radius 2 is 1.93 bits per heavy atom. The minimum atomic E-state index is -3.34. The van der Waals surface area contributed by atoms with E-state index in [4.69, 9.17) is 0 Å². The Morgan fingerprint density at radius 3 is 2.33 bits per heavy atom. The van der Waals surface area contributed by atoms with Gasteiger partial charge < -0.3 is 0 Å². The molecule has 1 fully saturated rings. The summed E-state index contributed by atoms with van der Waals surface area (Å²) in [6.45, 7) is 0. The quantitative estimate of drug-likeness (QED) is 0.746. The maximum atomic E-state index is 11.7. The van der Waals surface area contributed by atoms with E-state index in [0.717, 1.165) is 19.3 Å². The van der Waals surface area contributed by atoms with Crippen LogP contribution in [0.5, 0.6) is 0 Å². The minimum Gasteiger partial charge on any atom is -0.211 e. The van der Waals surface area contributed by atoms with Gasteiger partial charge in [-0.1, -0.05) is 35.2 Å². The highest BCUT2D eigenvalue weighted by Gasteiger charge is 2.41. The summed E-state index contributed by atoms with van der Waals surface area (Å²) in [5, 5.41) is 9.20. The molecule has 1 rings (SSSR count). The zero-order valence-corrected chi connectivity index (χ0v) is 11.1. The van der Waals surface area contributed by atoms with Crippen molar-refractivity contribution in [2.45, 2.75) is 37.6 Å². The van der Waals surface area contributed by atoms with Gasteiger partial charge in [-0.3, -0.25) is 0 Å². The van der Waals surface area contributed by atoms with Crippen molar-refractivity contribution in [2.75, 3.05) is 11.7 Å². The number of rotatable bonds is 3. The summed E-state index contributed by atoms with van der Waals surface area (Å²) in [5.41, 5.74) is -0.815. The molecule has 15 heavy (non-hydrogen) atoms. The molecule has 0 spiro atoms. The Bertz CT molecular complexity index is 355. The Kier molecular flexibility index (Phi) is 4.15. The molecule has 0 aromatic heterocycles. The van der Waals surface area contributed by atoms with Crippen LogP contribution in [0.4, 0.5) is 0 Å². The SMILES string of the molecule is CN(C1(C#N)CCCCC1)S(=O)(=O)CBr. The first kappa shape index (κ1) is 12.9. The summed E-state index contributed by atoms with van der Waals surface area (Å²) in [6, 6.07) is 2.18. The lowest BCUT2D eigenvalue weighted by Gasteiger charge is -2.37. The van der Waals surface area contributed by atoms with E-state index >= 15 is 0 Å². The minimum absolute atomic E-state index is 0.125. The first-order chi connectivity index (χ1) is 6.98. The van der Waals surface area contributed by atoms with E-state index in [-0.39, 0.29) is 4.66 Å². The standard InChI is InChI=1S/C9H15BrN2O2S/c1-12(15(13,14)8-10)9(7-11)5-3-2-4-6-9/h2-6,8H2,1H3. The van der Waals surface area contributed by atoms with Gasteiger partial charge in [-0.2, -0.15) is 9.57 Å². The largest absolute Gasteiger partial charge is 0.225 e.